The average Bonchev–Trinajstić information content (AvgIpc) is 3.21. The third-order valence-electron chi connectivity index (χ3n) is 4.91. The number of rotatable bonds is 9. The third kappa shape index (κ3) is 6.10. The number of aldehydes is 1. The van der Waals surface area contributed by atoms with Crippen LogP contribution in [-0.2, 0) is 19.2 Å². The Hall–Kier alpha value is -2.85. The second-order valence-corrected chi connectivity index (χ2v) is 8.02. The Morgan fingerprint density at radius 3 is 2.41 bits per heavy atom. The van der Waals surface area contributed by atoms with E-state index < -0.39 is 48.2 Å². The highest BCUT2D eigenvalue weighted by Gasteiger charge is 2.37. The van der Waals surface area contributed by atoms with Gasteiger partial charge in [0.25, 0.3) is 5.91 Å². The van der Waals surface area contributed by atoms with Gasteiger partial charge in [-0.15, -0.1) is 0 Å². The van der Waals surface area contributed by atoms with Crippen molar-refractivity contribution in [3.05, 3.63) is 27.7 Å². The summed E-state index contributed by atoms with van der Waals surface area (Å²) in [7, 11) is 1.38. The van der Waals surface area contributed by atoms with E-state index in [0.717, 1.165) is 0 Å². The van der Waals surface area contributed by atoms with Crippen LogP contribution in [0.1, 0.15) is 36.5 Å². The molecule has 3 N–H and O–H groups in total. The SMILES string of the molecule is COc1c(Cl)cc(C(=O)N[C@@H](C)C(=O)N2CCCC2C(=O)N[C@H](C=O)CC(=O)O)cc1Cl. The van der Waals surface area contributed by atoms with Crippen molar-refractivity contribution in [3.8, 4) is 5.75 Å². The smallest absolute Gasteiger partial charge is 0.305 e. The molecule has 3 atom stereocenters. The van der Waals surface area contributed by atoms with Gasteiger partial charge >= 0.3 is 5.97 Å². The number of nitrogens with zero attached hydrogens (tertiary/aromatic N) is 1. The van der Waals surface area contributed by atoms with Crippen molar-refractivity contribution in [2.75, 3.05) is 13.7 Å². The zero-order valence-corrected chi connectivity index (χ0v) is 18.9. The number of hydrogen-bond donors (Lipinski definition) is 3. The molecular weight excluding hydrogens is 465 g/mol. The average molecular weight is 488 g/mol. The van der Waals surface area contributed by atoms with E-state index in [9.17, 15) is 24.0 Å². The Morgan fingerprint density at radius 1 is 1.25 bits per heavy atom. The van der Waals surface area contributed by atoms with E-state index in [-0.39, 0.29) is 27.9 Å². The topological polar surface area (TPSA) is 142 Å². The minimum atomic E-state index is -1.24. The van der Waals surface area contributed by atoms with Crippen LogP contribution < -0.4 is 15.4 Å². The predicted molar refractivity (Wildman–Crippen MR) is 115 cm³/mol. The highest BCUT2D eigenvalue weighted by atomic mass is 35.5. The number of nitrogens with one attached hydrogen (secondary N) is 2. The van der Waals surface area contributed by atoms with Gasteiger partial charge in [0.2, 0.25) is 11.8 Å². The van der Waals surface area contributed by atoms with Crippen LogP contribution >= 0.6 is 23.2 Å². The molecule has 1 aliphatic heterocycles. The van der Waals surface area contributed by atoms with Crippen molar-refractivity contribution < 1.29 is 33.8 Å². The molecule has 32 heavy (non-hydrogen) atoms. The molecule has 1 fully saturated rings. The van der Waals surface area contributed by atoms with Crippen LogP contribution in [0.25, 0.3) is 0 Å². The summed E-state index contributed by atoms with van der Waals surface area (Å²) in [5.41, 5.74) is 0.124. The first-order valence-electron chi connectivity index (χ1n) is 9.70. The van der Waals surface area contributed by atoms with Crippen LogP contribution in [0.15, 0.2) is 12.1 Å². The number of amides is 3. The van der Waals surface area contributed by atoms with Gasteiger partial charge in [0.05, 0.1) is 29.6 Å². The van der Waals surface area contributed by atoms with E-state index >= 15 is 0 Å². The lowest BCUT2D eigenvalue weighted by molar-refractivity contribution is -0.141. The van der Waals surface area contributed by atoms with Crippen molar-refractivity contribution in [2.45, 2.75) is 44.3 Å². The summed E-state index contributed by atoms with van der Waals surface area (Å²) in [6.07, 6.45) is 0.663. The second-order valence-electron chi connectivity index (χ2n) is 7.21. The standard InChI is InChI=1S/C20H23Cl2N3O7/c1-10(23-18(29)11-6-13(21)17(32-2)14(22)7-11)20(31)25-5-3-4-15(25)19(30)24-12(9-26)8-16(27)28/h6-7,9-10,12,15H,3-5,8H2,1-2H3,(H,23,29)(H,24,30)(H,27,28)/t10-,12-,15?/m0/s1. The van der Waals surface area contributed by atoms with Gasteiger partial charge in [0, 0.05) is 12.1 Å². The lowest BCUT2D eigenvalue weighted by Gasteiger charge is -2.27. The lowest BCUT2D eigenvalue weighted by Crippen LogP contribution is -2.54. The maximum atomic E-state index is 12.9. The molecule has 0 aliphatic carbocycles. The lowest BCUT2D eigenvalue weighted by atomic mass is 10.1. The monoisotopic (exact) mass is 487 g/mol. The van der Waals surface area contributed by atoms with Gasteiger partial charge in [-0.1, -0.05) is 23.2 Å². The van der Waals surface area contributed by atoms with Crippen LogP contribution in [0, 0.1) is 0 Å². The first kappa shape index (κ1) is 25.4. The number of methoxy groups -OCH3 is 1. The van der Waals surface area contributed by atoms with E-state index in [4.69, 9.17) is 33.0 Å². The number of carbonyl (C=O) groups is 5. The van der Waals surface area contributed by atoms with Crippen molar-refractivity contribution in [1.82, 2.24) is 15.5 Å². The van der Waals surface area contributed by atoms with E-state index in [1.54, 1.807) is 0 Å². The summed E-state index contributed by atoms with van der Waals surface area (Å²) in [5, 5.41) is 14.0. The fraction of sp³-hybridized carbons (Fsp3) is 0.450. The second kappa shape index (κ2) is 11.1. The summed E-state index contributed by atoms with van der Waals surface area (Å²) in [6.45, 7) is 1.75. The largest absolute Gasteiger partial charge is 0.494 e. The first-order valence-corrected chi connectivity index (χ1v) is 10.5. The van der Waals surface area contributed by atoms with Gasteiger partial charge < -0.3 is 30.2 Å². The van der Waals surface area contributed by atoms with Gasteiger partial charge in [-0.2, -0.15) is 0 Å². The number of benzene rings is 1. The molecule has 0 spiro atoms. The number of carboxylic acids is 1. The zero-order chi connectivity index (χ0) is 24.0. The Bertz CT molecular complexity index is 901. The summed E-state index contributed by atoms with van der Waals surface area (Å²) >= 11 is 12.1. The van der Waals surface area contributed by atoms with E-state index in [1.807, 2.05) is 0 Å². The molecule has 10 nitrogen and oxygen atoms in total. The zero-order valence-electron chi connectivity index (χ0n) is 17.4. The molecule has 1 heterocycles. The Balaban J connectivity index is 2.06. The van der Waals surface area contributed by atoms with Crippen molar-refractivity contribution in [1.29, 1.82) is 0 Å². The molecule has 174 valence electrons. The summed E-state index contributed by atoms with van der Waals surface area (Å²) < 4.78 is 5.04. The summed E-state index contributed by atoms with van der Waals surface area (Å²) in [5.74, 6) is -2.74. The molecular formula is C20H23Cl2N3O7. The maximum Gasteiger partial charge on any atom is 0.305 e. The third-order valence-corrected chi connectivity index (χ3v) is 5.47. The van der Waals surface area contributed by atoms with E-state index in [0.29, 0.717) is 19.1 Å². The Morgan fingerprint density at radius 2 is 1.88 bits per heavy atom. The van der Waals surface area contributed by atoms with Crippen LogP contribution in [0.4, 0.5) is 0 Å². The molecule has 1 aliphatic rings. The van der Waals surface area contributed by atoms with Crippen molar-refractivity contribution in [3.63, 3.8) is 0 Å². The molecule has 12 heteroatoms. The number of ether oxygens (including phenoxy) is 1. The minimum Gasteiger partial charge on any atom is -0.494 e. The van der Waals surface area contributed by atoms with Crippen LogP contribution in [0.2, 0.25) is 10.0 Å². The highest BCUT2D eigenvalue weighted by molar-refractivity contribution is 6.37. The fourth-order valence-electron chi connectivity index (χ4n) is 3.38. The molecule has 0 saturated carbocycles. The van der Waals surface area contributed by atoms with Crippen molar-refractivity contribution in [2.24, 2.45) is 0 Å². The van der Waals surface area contributed by atoms with Crippen LogP contribution in [0.3, 0.4) is 0 Å². The van der Waals surface area contributed by atoms with Gasteiger partial charge in [-0.05, 0) is 31.9 Å². The summed E-state index contributed by atoms with van der Waals surface area (Å²) in [4.78, 5) is 61.1. The maximum absolute atomic E-state index is 12.9. The number of carboxylic acid groups (broad SMARTS) is 1. The minimum absolute atomic E-state index is 0.124. The fourth-order valence-corrected chi connectivity index (χ4v) is 4.02. The molecule has 1 unspecified atom stereocenters. The molecule has 0 radical (unpaired) electrons. The number of likely N-dealkylation sites (tertiary alicyclic amines) is 1. The first-order chi connectivity index (χ1) is 15.1. The molecule has 1 aromatic carbocycles. The molecule has 1 aromatic rings. The normalized spacial score (nSPS) is 17.2. The highest BCUT2D eigenvalue weighted by Crippen LogP contribution is 2.33. The molecule has 3 amide bonds. The van der Waals surface area contributed by atoms with Crippen LogP contribution in [0.5, 0.6) is 5.75 Å². The molecule has 1 saturated heterocycles. The Kier molecular flexibility index (Phi) is 8.85. The molecule has 2 rings (SSSR count). The number of halogens is 2. The number of hydrogen-bond acceptors (Lipinski definition) is 6. The van der Waals surface area contributed by atoms with E-state index in [2.05, 4.69) is 10.6 Å². The summed E-state index contributed by atoms with van der Waals surface area (Å²) in [6, 6.07) is -0.335. The van der Waals surface area contributed by atoms with Gasteiger partial charge in [0.15, 0.2) is 5.75 Å². The quantitative estimate of drug-likeness (QED) is 0.445. The number of aliphatic carboxylic acids is 1. The van der Waals surface area contributed by atoms with Gasteiger partial charge in [-0.25, -0.2) is 0 Å². The van der Waals surface area contributed by atoms with E-state index in [1.165, 1.54) is 31.1 Å². The van der Waals surface area contributed by atoms with Gasteiger partial charge in [-0.3, -0.25) is 19.2 Å². The van der Waals surface area contributed by atoms with Crippen molar-refractivity contribution >= 4 is 53.2 Å². The van der Waals surface area contributed by atoms with Crippen LogP contribution in [-0.4, -0.2) is 71.8 Å². The Labute approximate surface area is 194 Å². The van der Waals surface area contributed by atoms with Gasteiger partial charge in [0.1, 0.15) is 18.4 Å². The predicted octanol–water partition coefficient (Wildman–Crippen LogP) is 1.27. The number of carbonyl (C=O) groups excluding carboxylic acids is 4. The molecule has 0 aromatic heterocycles. The molecule has 0 bridgehead atoms.